The first-order valence-electron chi connectivity index (χ1n) is 5.80. The molecule has 0 unspecified atom stereocenters. The predicted octanol–water partition coefficient (Wildman–Crippen LogP) is 1.48. The summed E-state index contributed by atoms with van der Waals surface area (Å²) in [6.07, 6.45) is 1.05. The molecule has 2 aromatic rings. The molecular formula is C13H8Br2ClN2NaO3S. The number of halogens is 3. The van der Waals surface area contributed by atoms with Gasteiger partial charge in [-0.2, -0.15) is 0 Å². The van der Waals surface area contributed by atoms with Crippen LogP contribution in [0.4, 0.5) is 0 Å². The molecule has 0 fully saturated rings. The van der Waals surface area contributed by atoms with Crippen molar-refractivity contribution in [3.63, 3.8) is 0 Å². The number of sulfonamides is 1. The van der Waals surface area contributed by atoms with Crippen LogP contribution < -0.4 is 29.6 Å². The summed E-state index contributed by atoms with van der Waals surface area (Å²) in [7, 11) is -4.16. The summed E-state index contributed by atoms with van der Waals surface area (Å²) < 4.78 is 28.7. The van der Waals surface area contributed by atoms with Gasteiger partial charge in [0.05, 0.1) is 15.3 Å². The molecule has 0 saturated carbocycles. The minimum Gasteiger partial charge on any atom is -0.537 e. The summed E-state index contributed by atoms with van der Waals surface area (Å²) in [6.45, 7) is 1.70. The van der Waals surface area contributed by atoms with Gasteiger partial charge in [0, 0.05) is 16.2 Å². The first kappa shape index (κ1) is 21.1. The molecular weight excluding hydrogens is 482 g/mol. The van der Waals surface area contributed by atoms with E-state index in [4.69, 9.17) is 11.6 Å². The summed E-state index contributed by atoms with van der Waals surface area (Å²) in [5.41, 5.74) is 0.835. The van der Waals surface area contributed by atoms with Crippen molar-refractivity contribution in [3.05, 3.63) is 60.4 Å². The van der Waals surface area contributed by atoms with E-state index in [1.807, 2.05) is 0 Å². The van der Waals surface area contributed by atoms with Gasteiger partial charge in [-0.25, -0.2) is 13.4 Å². The monoisotopic (exact) mass is 488 g/mol. The molecule has 2 rings (SSSR count). The zero-order valence-corrected chi connectivity index (χ0v) is 18.8. The fraction of sp³-hybridized carbons (Fsp3) is 0.0769. The molecule has 0 spiro atoms. The number of nitrogens with zero attached hydrogens (tertiary/aromatic N) is 2. The molecule has 116 valence electrons. The van der Waals surface area contributed by atoms with E-state index < -0.39 is 15.9 Å². The van der Waals surface area contributed by atoms with Crippen LogP contribution >= 0.6 is 43.5 Å². The predicted molar refractivity (Wildman–Crippen MR) is 90.7 cm³/mol. The topological polar surface area (TPSA) is 78.2 Å². The van der Waals surface area contributed by atoms with Crippen molar-refractivity contribution in [1.82, 2.24) is 4.98 Å². The van der Waals surface area contributed by atoms with Crippen molar-refractivity contribution in [2.24, 2.45) is 0 Å². The molecule has 1 aromatic heterocycles. The smallest absolute Gasteiger partial charge is 0.537 e. The maximum Gasteiger partial charge on any atom is 1.00 e. The van der Waals surface area contributed by atoms with Gasteiger partial charge in [-0.3, -0.25) is 0 Å². The standard InChI is InChI=1S/C13H9Br2ClN2O3S.Na/c1-7-4-8(14)2-3-10(7)13(19)18-22(20,21)9-5-11(15)12(16)17-6-9;/h2-6H,1H3,(H,18,19);/q;+1/p-1. The number of carbonyl (C=O) groups excluding carboxylic acids is 1. The first-order chi connectivity index (χ1) is 10.2. The molecule has 0 aliphatic heterocycles. The van der Waals surface area contributed by atoms with E-state index in [1.54, 1.807) is 19.1 Å². The summed E-state index contributed by atoms with van der Waals surface area (Å²) in [4.78, 5) is 15.6. The van der Waals surface area contributed by atoms with Crippen LogP contribution in [0.5, 0.6) is 0 Å². The Kier molecular flexibility index (Phi) is 7.72. The fourth-order valence-electron chi connectivity index (χ4n) is 1.62. The Morgan fingerprint density at radius 1 is 1.26 bits per heavy atom. The van der Waals surface area contributed by atoms with Gasteiger partial charge in [0.25, 0.3) is 0 Å². The van der Waals surface area contributed by atoms with Gasteiger partial charge in [-0.15, -0.1) is 0 Å². The van der Waals surface area contributed by atoms with Crippen LogP contribution in [0.3, 0.4) is 0 Å². The van der Waals surface area contributed by atoms with E-state index in [2.05, 4.69) is 41.6 Å². The Hall–Kier alpha value is 0.0400. The van der Waals surface area contributed by atoms with Gasteiger partial charge in [0.1, 0.15) is 15.2 Å². The summed E-state index contributed by atoms with van der Waals surface area (Å²) in [5, 5.41) is 0.119. The molecule has 0 aliphatic carbocycles. The SMILES string of the molecule is Cc1cc(Br)ccc1C(=O)[N-]S(=O)(=O)c1cnc(Cl)c(Br)c1.[Na+]. The van der Waals surface area contributed by atoms with Crippen LogP contribution in [0.25, 0.3) is 4.72 Å². The number of hydrogen-bond donors (Lipinski definition) is 0. The number of pyridine rings is 1. The maximum atomic E-state index is 12.2. The maximum absolute atomic E-state index is 12.2. The number of rotatable bonds is 3. The van der Waals surface area contributed by atoms with E-state index in [-0.39, 0.29) is 45.2 Å². The molecule has 10 heteroatoms. The van der Waals surface area contributed by atoms with Gasteiger partial charge in [-0.1, -0.05) is 33.6 Å². The molecule has 0 atom stereocenters. The van der Waals surface area contributed by atoms with Crippen molar-refractivity contribution in [3.8, 4) is 0 Å². The molecule has 1 amide bonds. The third kappa shape index (κ3) is 5.26. The van der Waals surface area contributed by atoms with Gasteiger partial charge in [0.15, 0.2) is 0 Å². The van der Waals surface area contributed by atoms with Crippen molar-refractivity contribution >= 4 is 59.4 Å². The number of aromatic nitrogens is 1. The molecule has 0 saturated heterocycles. The van der Waals surface area contributed by atoms with Gasteiger partial charge in [0.2, 0.25) is 0 Å². The van der Waals surface area contributed by atoms with E-state index in [1.165, 1.54) is 12.1 Å². The van der Waals surface area contributed by atoms with Crippen LogP contribution in [0.2, 0.25) is 5.15 Å². The molecule has 1 heterocycles. The van der Waals surface area contributed by atoms with Crippen LogP contribution in [-0.4, -0.2) is 19.3 Å². The van der Waals surface area contributed by atoms with Crippen molar-refractivity contribution in [1.29, 1.82) is 0 Å². The largest absolute Gasteiger partial charge is 1.00 e. The third-order valence-corrected chi connectivity index (χ3v) is 5.54. The fourth-order valence-corrected chi connectivity index (χ4v) is 3.58. The zero-order chi connectivity index (χ0) is 16.5. The molecule has 0 N–H and O–H groups in total. The minimum atomic E-state index is -4.16. The number of carbonyl (C=O) groups is 1. The number of amides is 1. The second-order valence-electron chi connectivity index (χ2n) is 4.27. The zero-order valence-electron chi connectivity index (χ0n) is 12.0. The molecule has 5 nitrogen and oxygen atoms in total. The second kappa shape index (κ2) is 8.42. The van der Waals surface area contributed by atoms with Crippen molar-refractivity contribution in [2.75, 3.05) is 0 Å². The van der Waals surface area contributed by atoms with E-state index in [9.17, 15) is 13.2 Å². The van der Waals surface area contributed by atoms with Gasteiger partial charge < -0.3 is 9.52 Å². The number of aryl methyl sites for hydroxylation is 1. The Bertz CT molecular complexity index is 862. The second-order valence-corrected chi connectivity index (χ2v) is 8.01. The Morgan fingerprint density at radius 2 is 1.91 bits per heavy atom. The quantitative estimate of drug-likeness (QED) is 0.482. The van der Waals surface area contributed by atoms with Crippen molar-refractivity contribution in [2.45, 2.75) is 11.8 Å². The molecule has 1 aromatic carbocycles. The van der Waals surface area contributed by atoms with Gasteiger partial charge in [-0.05, 0) is 46.6 Å². The normalized spacial score (nSPS) is 10.8. The summed E-state index contributed by atoms with van der Waals surface area (Å²) in [5.74, 6) is -0.837. The summed E-state index contributed by atoms with van der Waals surface area (Å²) in [6, 6.07) is 6.10. The van der Waals surface area contributed by atoms with E-state index >= 15 is 0 Å². The third-order valence-electron chi connectivity index (χ3n) is 2.69. The Balaban J connectivity index is 0.00000264. The van der Waals surface area contributed by atoms with E-state index in [0.717, 1.165) is 10.7 Å². The summed E-state index contributed by atoms with van der Waals surface area (Å²) >= 11 is 12.1. The van der Waals surface area contributed by atoms with Crippen LogP contribution in [-0.2, 0) is 10.0 Å². The van der Waals surface area contributed by atoms with Crippen LogP contribution in [0.1, 0.15) is 15.9 Å². The molecule has 0 bridgehead atoms. The molecule has 23 heavy (non-hydrogen) atoms. The average molecular weight is 491 g/mol. The molecule has 0 aliphatic rings. The van der Waals surface area contributed by atoms with Crippen molar-refractivity contribution < 1.29 is 42.8 Å². The number of hydrogen-bond acceptors (Lipinski definition) is 4. The Morgan fingerprint density at radius 3 is 2.48 bits per heavy atom. The minimum absolute atomic E-state index is 0. The van der Waals surface area contributed by atoms with E-state index in [0.29, 0.717) is 10.0 Å². The van der Waals surface area contributed by atoms with Crippen LogP contribution in [0, 0.1) is 6.92 Å². The number of benzene rings is 1. The first-order valence-corrected chi connectivity index (χ1v) is 9.20. The van der Waals surface area contributed by atoms with Gasteiger partial charge >= 0.3 is 29.6 Å². The Labute approximate surface area is 177 Å². The molecule has 0 radical (unpaired) electrons. The average Bonchev–Trinajstić information content (AvgIpc) is 2.40. The van der Waals surface area contributed by atoms with Crippen LogP contribution in [0.15, 0.2) is 44.3 Å².